The Morgan fingerprint density at radius 3 is 1.74 bits per heavy atom. The van der Waals surface area contributed by atoms with E-state index < -0.39 is 17.9 Å². The largest absolute Gasteiger partial charge is 0.478 e. The fourth-order valence-corrected chi connectivity index (χ4v) is 4.33. The molecule has 0 spiro atoms. The molecule has 0 fully saturated rings. The molecular formula is C31H22O8. The molecule has 1 N–H and O–H groups in total. The minimum Gasteiger partial charge on any atom is -0.478 e. The van der Waals surface area contributed by atoms with Crippen molar-refractivity contribution < 1.29 is 38.5 Å². The Morgan fingerprint density at radius 2 is 1.21 bits per heavy atom. The first-order chi connectivity index (χ1) is 18.7. The normalized spacial score (nSPS) is 12.5. The summed E-state index contributed by atoms with van der Waals surface area (Å²) in [5.74, 6) is -0.731. The zero-order valence-corrected chi connectivity index (χ0v) is 21.0. The van der Waals surface area contributed by atoms with Crippen molar-refractivity contribution in [3.05, 3.63) is 118 Å². The molecule has 0 saturated heterocycles. The number of aromatic carboxylic acids is 1. The topological polar surface area (TPSA) is 116 Å². The average Bonchev–Trinajstić information content (AvgIpc) is 3.21. The van der Waals surface area contributed by atoms with E-state index in [0.717, 1.165) is 11.1 Å². The summed E-state index contributed by atoms with van der Waals surface area (Å²) in [4.78, 5) is 45.9. The van der Waals surface area contributed by atoms with Gasteiger partial charge in [0.25, 0.3) is 0 Å². The van der Waals surface area contributed by atoms with E-state index in [0.29, 0.717) is 29.3 Å². The Balaban J connectivity index is 1.29. The highest BCUT2D eigenvalue weighted by molar-refractivity contribution is 6.14. The van der Waals surface area contributed by atoms with Crippen LogP contribution in [0.3, 0.4) is 0 Å². The quantitative estimate of drug-likeness (QED) is 0.160. The number of cyclic esters (lactones) is 2. The zero-order valence-electron chi connectivity index (χ0n) is 21.0. The summed E-state index contributed by atoms with van der Waals surface area (Å²) in [5, 5.41) is 9.31. The molecule has 194 valence electrons. The monoisotopic (exact) mass is 522 g/mol. The summed E-state index contributed by atoms with van der Waals surface area (Å²) in [6, 6.07) is 23.9. The number of carbonyl (C=O) groups is 4. The molecule has 0 unspecified atom stereocenters. The van der Waals surface area contributed by atoms with E-state index in [1.165, 1.54) is 24.3 Å². The molecule has 1 heterocycles. The van der Waals surface area contributed by atoms with Crippen LogP contribution < -0.4 is 9.47 Å². The summed E-state index contributed by atoms with van der Waals surface area (Å²) in [6.45, 7) is 4.16. The predicted octanol–water partition coefficient (Wildman–Crippen LogP) is 6.42. The number of fused-ring (bicyclic) bond motifs is 1. The third-order valence-corrected chi connectivity index (χ3v) is 6.62. The van der Waals surface area contributed by atoms with Crippen molar-refractivity contribution >= 4 is 24.2 Å². The second kappa shape index (κ2) is 9.90. The van der Waals surface area contributed by atoms with E-state index in [1.807, 2.05) is 36.4 Å². The maximum absolute atomic E-state index is 11.8. The van der Waals surface area contributed by atoms with Gasteiger partial charge in [0, 0.05) is 11.0 Å². The first-order valence-corrected chi connectivity index (χ1v) is 12.0. The van der Waals surface area contributed by atoms with Crippen LogP contribution in [-0.4, -0.2) is 29.3 Å². The van der Waals surface area contributed by atoms with Crippen molar-refractivity contribution in [2.24, 2.45) is 0 Å². The molecule has 0 atom stereocenters. The lowest BCUT2D eigenvalue weighted by Crippen LogP contribution is -2.18. The van der Waals surface area contributed by atoms with Gasteiger partial charge in [-0.05, 0) is 71.8 Å². The molecule has 8 nitrogen and oxygen atoms in total. The van der Waals surface area contributed by atoms with Gasteiger partial charge in [0.1, 0.15) is 23.0 Å². The zero-order chi connectivity index (χ0) is 27.7. The summed E-state index contributed by atoms with van der Waals surface area (Å²) in [5.41, 5.74) is 2.05. The minimum absolute atomic E-state index is 0.0804. The van der Waals surface area contributed by atoms with Crippen molar-refractivity contribution in [3.8, 4) is 23.0 Å². The van der Waals surface area contributed by atoms with E-state index in [4.69, 9.17) is 9.47 Å². The molecule has 0 aliphatic carbocycles. The number of carboxylic acids is 1. The van der Waals surface area contributed by atoms with Gasteiger partial charge in [-0.1, -0.05) is 38.1 Å². The number of aldehydes is 1. The van der Waals surface area contributed by atoms with E-state index in [-0.39, 0.29) is 27.7 Å². The molecular weight excluding hydrogens is 500 g/mol. The molecule has 39 heavy (non-hydrogen) atoms. The first-order valence-electron chi connectivity index (χ1n) is 12.0. The lowest BCUT2D eigenvalue weighted by Gasteiger charge is -2.26. The molecule has 8 heteroatoms. The standard InChI is InChI=1S/C31H22O8/c1-31(2,19-4-9-21(10-5-19)37-23-8-3-18(17-32)26(15-23)28(33)34)20-6-11-22(12-7-20)38-24-13-14-25-27(16-24)30(36)39-29(25)35/h3-17H,1-2H3,(H,33,34). The maximum Gasteiger partial charge on any atom is 0.347 e. The number of carbonyl (C=O) groups excluding carboxylic acids is 3. The van der Waals surface area contributed by atoms with Gasteiger partial charge in [0.15, 0.2) is 6.29 Å². The van der Waals surface area contributed by atoms with E-state index in [9.17, 15) is 24.3 Å². The molecule has 1 aliphatic heterocycles. The molecule has 0 amide bonds. The number of ether oxygens (including phenoxy) is 3. The Kier molecular flexibility index (Phi) is 6.45. The van der Waals surface area contributed by atoms with Crippen LogP contribution in [0, 0.1) is 0 Å². The maximum atomic E-state index is 11.8. The van der Waals surface area contributed by atoms with Crippen molar-refractivity contribution in [2.75, 3.05) is 0 Å². The van der Waals surface area contributed by atoms with Crippen LogP contribution >= 0.6 is 0 Å². The lowest BCUT2D eigenvalue weighted by atomic mass is 9.78. The molecule has 4 aromatic rings. The molecule has 0 aromatic heterocycles. The highest BCUT2D eigenvalue weighted by atomic mass is 16.6. The van der Waals surface area contributed by atoms with Gasteiger partial charge in [0.2, 0.25) is 0 Å². The third kappa shape index (κ3) is 5.00. The second-order valence-electron chi connectivity index (χ2n) is 9.43. The minimum atomic E-state index is -1.20. The summed E-state index contributed by atoms with van der Waals surface area (Å²) in [7, 11) is 0. The number of benzene rings is 4. The molecule has 0 radical (unpaired) electrons. The fourth-order valence-electron chi connectivity index (χ4n) is 4.33. The highest BCUT2D eigenvalue weighted by Crippen LogP contribution is 2.35. The summed E-state index contributed by atoms with van der Waals surface area (Å²) in [6.07, 6.45) is 0.497. The number of hydrogen-bond acceptors (Lipinski definition) is 7. The van der Waals surface area contributed by atoms with Gasteiger partial charge in [-0.25, -0.2) is 14.4 Å². The molecule has 4 aromatic carbocycles. The van der Waals surface area contributed by atoms with Gasteiger partial charge in [-0.2, -0.15) is 0 Å². The Labute approximate surface area is 223 Å². The summed E-state index contributed by atoms with van der Waals surface area (Å²) >= 11 is 0. The average molecular weight is 523 g/mol. The van der Waals surface area contributed by atoms with Crippen molar-refractivity contribution in [1.29, 1.82) is 0 Å². The van der Waals surface area contributed by atoms with Crippen LogP contribution in [0.4, 0.5) is 0 Å². The van der Waals surface area contributed by atoms with Gasteiger partial charge >= 0.3 is 17.9 Å². The van der Waals surface area contributed by atoms with Gasteiger partial charge in [-0.15, -0.1) is 0 Å². The predicted molar refractivity (Wildman–Crippen MR) is 140 cm³/mol. The van der Waals surface area contributed by atoms with Gasteiger partial charge in [-0.3, -0.25) is 4.79 Å². The first kappa shape index (κ1) is 25.4. The van der Waals surface area contributed by atoms with E-state index in [1.54, 1.807) is 24.3 Å². The summed E-state index contributed by atoms with van der Waals surface area (Å²) < 4.78 is 16.3. The van der Waals surface area contributed by atoms with E-state index >= 15 is 0 Å². The van der Waals surface area contributed by atoms with Crippen LogP contribution in [-0.2, 0) is 10.2 Å². The number of esters is 2. The smallest absolute Gasteiger partial charge is 0.347 e. The Bertz CT molecular complexity index is 1560. The van der Waals surface area contributed by atoms with Crippen LogP contribution in [0.5, 0.6) is 23.0 Å². The third-order valence-electron chi connectivity index (χ3n) is 6.62. The van der Waals surface area contributed by atoms with Crippen LogP contribution in [0.25, 0.3) is 0 Å². The molecule has 1 aliphatic rings. The Morgan fingerprint density at radius 1 is 0.718 bits per heavy atom. The molecule has 0 bridgehead atoms. The van der Waals surface area contributed by atoms with Gasteiger partial charge < -0.3 is 19.3 Å². The van der Waals surface area contributed by atoms with E-state index in [2.05, 4.69) is 18.6 Å². The highest BCUT2D eigenvalue weighted by Gasteiger charge is 2.30. The van der Waals surface area contributed by atoms with Crippen LogP contribution in [0.1, 0.15) is 66.4 Å². The number of carboxylic acid groups (broad SMARTS) is 1. The van der Waals surface area contributed by atoms with Crippen LogP contribution in [0.15, 0.2) is 84.9 Å². The second-order valence-corrected chi connectivity index (χ2v) is 9.43. The fraction of sp³-hybridized carbons (Fsp3) is 0.0968. The lowest BCUT2D eigenvalue weighted by molar-refractivity contribution is 0.0442. The van der Waals surface area contributed by atoms with Crippen molar-refractivity contribution in [1.82, 2.24) is 0 Å². The Hall–Kier alpha value is -5.24. The SMILES string of the molecule is CC(C)(c1ccc(Oc2ccc(C=O)c(C(=O)O)c2)cc1)c1ccc(Oc2ccc3c(c2)C(=O)OC3=O)cc1. The van der Waals surface area contributed by atoms with Crippen molar-refractivity contribution in [3.63, 3.8) is 0 Å². The molecule has 0 saturated carbocycles. The van der Waals surface area contributed by atoms with Gasteiger partial charge in [0.05, 0.1) is 16.7 Å². The van der Waals surface area contributed by atoms with Crippen LogP contribution in [0.2, 0.25) is 0 Å². The number of hydrogen-bond donors (Lipinski definition) is 1. The van der Waals surface area contributed by atoms with Crippen molar-refractivity contribution in [2.45, 2.75) is 19.3 Å². The number of rotatable bonds is 8. The molecule has 5 rings (SSSR count).